The Balaban J connectivity index is 1.54. The van der Waals surface area contributed by atoms with Crippen molar-refractivity contribution in [3.05, 3.63) is 41.7 Å². The first kappa shape index (κ1) is 15.4. The summed E-state index contributed by atoms with van der Waals surface area (Å²) in [5.41, 5.74) is 3.35. The fraction of sp³-hybridized carbons (Fsp3) is 0.500. The molecule has 4 heteroatoms. The molecule has 2 aliphatic rings. The van der Waals surface area contributed by atoms with Crippen LogP contribution in [0.1, 0.15) is 57.3 Å². The molecule has 0 bridgehead atoms. The lowest BCUT2D eigenvalue weighted by Crippen LogP contribution is -2.30. The number of amides is 1. The first-order chi connectivity index (χ1) is 11.7. The molecule has 2 heterocycles. The Morgan fingerprint density at radius 2 is 2.04 bits per heavy atom. The molecule has 1 saturated carbocycles. The van der Waals surface area contributed by atoms with Crippen molar-refractivity contribution in [2.24, 2.45) is 5.92 Å². The van der Waals surface area contributed by atoms with Crippen LogP contribution in [-0.2, 0) is 4.79 Å². The van der Waals surface area contributed by atoms with E-state index >= 15 is 0 Å². The van der Waals surface area contributed by atoms with Crippen LogP contribution in [0.4, 0.5) is 0 Å². The topological polar surface area (TPSA) is 49.0 Å². The van der Waals surface area contributed by atoms with Crippen LogP contribution in [-0.4, -0.2) is 27.3 Å². The number of para-hydroxylation sites is 2. The van der Waals surface area contributed by atoms with Crippen molar-refractivity contribution in [1.82, 2.24) is 14.9 Å². The van der Waals surface area contributed by atoms with Crippen LogP contribution in [0, 0.1) is 5.92 Å². The molecule has 1 aromatic carbocycles. The number of hydrogen-bond donors (Lipinski definition) is 1. The van der Waals surface area contributed by atoms with Crippen LogP contribution in [0.2, 0.25) is 0 Å². The maximum atomic E-state index is 12.8. The SMILES string of the molecule is CC1CCC(=CC(=O)N2CCCC2c2nc3ccccc3[nH]2)CC1. The summed E-state index contributed by atoms with van der Waals surface area (Å²) >= 11 is 0. The molecule has 1 unspecified atom stereocenters. The van der Waals surface area contributed by atoms with Gasteiger partial charge in [-0.1, -0.05) is 24.6 Å². The minimum atomic E-state index is 0.0873. The molecule has 1 aromatic heterocycles. The summed E-state index contributed by atoms with van der Waals surface area (Å²) < 4.78 is 0. The molecule has 1 atom stereocenters. The van der Waals surface area contributed by atoms with E-state index in [1.165, 1.54) is 18.4 Å². The van der Waals surface area contributed by atoms with Gasteiger partial charge in [0, 0.05) is 12.6 Å². The Labute approximate surface area is 143 Å². The molecule has 1 saturated heterocycles. The third-order valence-corrected chi connectivity index (χ3v) is 5.50. The van der Waals surface area contributed by atoms with E-state index in [0.29, 0.717) is 0 Å². The van der Waals surface area contributed by atoms with Gasteiger partial charge in [-0.05, 0) is 56.6 Å². The summed E-state index contributed by atoms with van der Waals surface area (Å²) in [5.74, 6) is 1.90. The quantitative estimate of drug-likeness (QED) is 0.835. The molecule has 1 aliphatic carbocycles. The number of aromatic nitrogens is 2. The molecular formula is C20H25N3O. The third kappa shape index (κ3) is 2.97. The van der Waals surface area contributed by atoms with Crippen molar-refractivity contribution >= 4 is 16.9 Å². The minimum absolute atomic E-state index is 0.0873. The van der Waals surface area contributed by atoms with E-state index in [2.05, 4.69) is 11.9 Å². The van der Waals surface area contributed by atoms with Crippen molar-refractivity contribution in [2.45, 2.75) is 51.5 Å². The Hall–Kier alpha value is -2.10. The number of imidazole rings is 1. The second-order valence-corrected chi connectivity index (χ2v) is 7.31. The minimum Gasteiger partial charge on any atom is -0.340 e. The van der Waals surface area contributed by atoms with Crippen molar-refractivity contribution < 1.29 is 4.79 Å². The van der Waals surface area contributed by atoms with Gasteiger partial charge in [0.15, 0.2) is 0 Å². The lowest BCUT2D eigenvalue weighted by molar-refractivity contribution is -0.127. The van der Waals surface area contributed by atoms with Gasteiger partial charge in [0.25, 0.3) is 0 Å². The van der Waals surface area contributed by atoms with E-state index in [0.717, 1.165) is 55.0 Å². The van der Waals surface area contributed by atoms with Crippen LogP contribution in [0.25, 0.3) is 11.0 Å². The smallest absolute Gasteiger partial charge is 0.247 e. The summed E-state index contributed by atoms with van der Waals surface area (Å²) in [6.07, 6.45) is 8.54. The molecule has 4 nitrogen and oxygen atoms in total. The number of aromatic amines is 1. The zero-order valence-corrected chi connectivity index (χ0v) is 14.3. The highest BCUT2D eigenvalue weighted by Gasteiger charge is 2.31. The fourth-order valence-electron chi connectivity index (χ4n) is 3.98. The average Bonchev–Trinajstić information content (AvgIpc) is 3.23. The Kier molecular flexibility index (Phi) is 4.13. The van der Waals surface area contributed by atoms with E-state index in [1.807, 2.05) is 35.2 Å². The van der Waals surface area contributed by atoms with E-state index in [1.54, 1.807) is 0 Å². The van der Waals surface area contributed by atoms with E-state index in [-0.39, 0.29) is 11.9 Å². The van der Waals surface area contributed by atoms with Crippen LogP contribution < -0.4 is 0 Å². The lowest BCUT2D eigenvalue weighted by Gasteiger charge is -2.24. The number of likely N-dealkylation sites (tertiary alicyclic amines) is 1. The standard InChI is InChI=1S/C20H25N3O/c1-14-8-10-15(11-9-14)13-19(24)23-12-4-7-18(23)20-21-16-5-2-3-6-17(16)22-20/h2-3,5-6,13-14,18H,4,7-12H2,1H3,(H,21,22). The number of benzene rings is 1. The molecular weight excluding hydrogens is 298 g/mol. The van der Waals surface area contributed by atoms with Gasteiger partial charge in [0.1, 0.15) is 5.82 Å². The number of allylic oxidation sites excluding steroid dienone is 1. The van der Waals surface area contributed by atoms with Crippen LogP contribution in [0.5, 0.6) is 0 Å². The number of hydrogen-bond acceptors (Lipinski definition) is 2. The zero-order valence-electron chi connectivity index (χ0n) is 14.3. The molecule has 2 fully saturated rings. The van der Waals surface area contributed by atoms with Gasteiger partial charge in [-0.2, -0.15) is 0 Å². The van der Waals surface area contributed by atoms with Crippen molar-refractivity contribution in [3.63, 3.8) is 0 Å². The number of nitrogens with one attached hydrogen (secondary N) is 1. The summed E-state index contributed by atoms with van der Waals surface area (Å²) in [5, 5.41) is 0. The third-order valence-electron chi connectivity index (χ3n) is 5.50. The molecule has 0 radical (unpaired) electrons. The number of carbonyl (C=O) groups is 1. The summed E-state index contributed by atoms with van der Waals surface area (Å²) in [6.45, 7) is 3.14. The molecule has 1 aliphatic heterocycles. The van der Waals surface area contributed by atoms with Gasteiger partial charge in [0.05, 0.1) is 17.1 Å². The van der Waals surface area contributed by atoms with Gasteiger partial charge in [-0.15, -0.1) is 0 Å². The first-order valence-electron chi connectivity index (χ1n) is 9.15. The second kappa shape index (κ2) is 6.42. The van der Waals surface area contributed by atoms with Gasteiger partial charge < -0.3 is 9.88 Å². The number of rotatable bonds is 2. The van der Waals surface area contributed by atoms with Crippen molar-refractivity contribution in [2.75, 3.05) is 6.54 Å². The predicted octanol–water partition coefficient (Wildman–Crippen LogP) is 4.36. The van der Waals surface area contributed by atoms with Gasteiger partial charge in [-0.25, -0.2) is 4.98 Å². The molecule has 2 aromatic rings. The Morgan fingerprint density at radius 1 is 1.25 bits per heavy atom. The van der Waals surface area contributed by atoms with Gasteiger partial charge in [-0.3, -0.25) is 4.79 Å². The Bertz CT molecular complexity index is 733. The van der Waals surface area contributed by atoms with Crippen molar-refractivity contribution in [1.29, 1.82) is 0 Å². The number of fused-ring (bicyclic) bond motifs is 1. The molecule has 4 rings (SSSR count). The average molecular weight is 323 g/mol. The highest BCUT2D eigenvalue weighted by atomic mass is 16.2. The summed E-state index contributed by atoms with van der Waals surface area (Å²) in [7, 11) is 0. The summed E-state index contributed by atoms with van der Waals surface area (Å²) in [6, 6.07) is 8.15. The molecule has 1 amide bonds. The Morgan fingerprint density at radius 3 is 2.83 bits per heavy atom. The van der Waals surface area contributed by atoms with Crippen LogP contribution in [0.3, 0.4) is 0 Å². The van der Waals surface area contributed by atoms with E-state index in [4.69, 9.17) is 4.98 Å². The number of H-pyrrole nitrogens is 1. The number of nitrogens with zero attached hydrogens (tertiary/aromatic N) is 2. The largest absolute Gasteiger partial charge is 0.340 e. The monoisotopic (exact) mass is 323 g/mol. The van der Waals surface area contributed by atoms with E-state index < -0.39 is 0 Å². The highest BCUT2D eigenvalue weighted by Crippen LogP contribution is 2.33. The highest BCUT2D eigenvalue weighted by molar-refractivity contribution is 5.89. The zero-order chi connectivity index (χ0) is 16.5. The fourth-order valence-corrected chi connectivity index (χ4v) is 3.98. The molecule has 0 spiro atoms. The molecule has 24 heavy (non-hydrogen) atoms. The van der Waals surface area contributed by atoms with Gasteiger partial charge in [0.2, 0.25) is 5.91 Å². The normalized spacial score (nSPS) is 24.5. The number of carbonyl (C=O) groups excluding carboxylic acids is 1. The van der Waals surface area contributed by atoms with Crippen LogP contribution >= 0.6 is 0 Å². The van der Waals surface area contributed by atoms with Crippen molar-refractivity contribution in [3.8, 4) is 0 Å². The predicted molar refractivity (Wildman–Crippen MR) is 95.5 cm³/mol. The van der Waals surface area contributed by atoms with E-state index in [9.17, 15) is 4.79 Å². The molecule has 126 valence electrons. The molecule has 1 N–H and O–H groups in total. The summed E-state index contributed by atoms with van der Waals surface area (Å²) in [4.78, 5) is 22.9. The van der Waals surface area contributed by atoms with Gasteiger partial charge >= 0.3 is 0 Å². The maximum Gasteiger partial charge on any atom is 0.247 e. The lowest BCUT2D eigenvalue weighted by atomic mass is 9.87. The second-order valence-electron chi connectivity index (χ2n) is 7.31. The van der Waals surface area contributed by atoms with Crippen LogP contribution in [0.15, 0.2) is 35.9 Å². The first-order valence-corrected chi connectivity index (χ1v) is 9.15. The maximum absolute atomic E-state index is 12.8.